The number of aromatic nitrogens is 1. The molecule has 0 radical (unpaired) electrons. The van der Waals surface area contributed by atoms with Gasteiger partial charge in [-0.1, -0.05) is 40.2 Å². The molecule has 0 bridgehead atoms. The van der Waals surface area contributed by atoms with Gasteiger partial charge in [0.05, 0.1) is 12.1 Å². The predicted octanol–water partition coefficient (Wildman–Crippen LogP) is 3.43. The van der Waals surface area contributed by atoms with Crippen LogP contribution in [0.2, 0.25) is 0 Å². The summed E-state index contributed by atoms with van der Waals surface area (Å²) in [6.45, 7) is 1.88. The second-order valence-corrected chi connectivity index (χ2v) is 6.87. The van der Waals surface area contributed by atoms with Crippen molar-refractivity contribution >= 4 is 32.7 Å². The molecule has 3 aromatic rings. The molecular weight excluding hydrogens is 356 g/mol. The Labute approximate surface area is 141 Å². The quantitative estimate of drug-likeness (QED) is 0.646. The van der Waals surface area contributed by atoms with Crippen LogP contribution in [-0.4, -0.2) is 16.0 Å². The maximum atomic E-state index is 12.5. The molecule has 1 amide bonds. The number of benzene rings is 2. The Balaban J connectivity index is 2.04. The molecule has 5 heteroatoms. The Morgan fingerprint density at radius 2 is 2.00 bits per heavy atom. The molecule has 4 rings (SSSR count). The number of rotatable bonds is 2. The van der Waals surface area contributed by atoms with Gasteiger partial charge in [-0.2, -0.15) is 0 Å². The maximum Gasteiger partial charge on any atom is 0.252 e. The van der Waals surface area contributed by atoms with Crippen LogP contribution in [0.4, 0.5) is 0 Å². The molecule has 1 unspecified atom stereocenters. The highest BCUT2D eigenvalue weighted by Crippen LogP contribution is 2.42. The van der Waals surface area contributed by atoms with Crippen molar-refractivity contribution in [2.75, 3.05) is 0 Å². The van der Waals surface area contributed by atoms with Crippen LogP contribution < -0.4 is 5.32 Å². The molecule has 0 spiro atoms. The summed E-state index contributed by atoms with van der Waals surface area (Å²) in [5.74, 6) is -0.0991. The number of nitrogens with one attached hydrogen (secondary N) is 2. The lowest BCUT2D eigenvalue weighted by molar-refractivity contribution is 0.0944. The zero-order valence-electron chi connectivity index (χ0n) is 12.5. The number of amides is 1. The molecule has 2 heterocycles. The molecule has 1 aliphatic heterocycles. The molecule has 1 aromatic heterocycles. The second-order valence-electron chi connectivity index (χ2n) is 5.95. The zero-order valence-corrected chi connectivity index (χ0v) is 14.1. The SMILES string of the molecule is CC1(c2c(CO)[nH]c3ccccc23)NC(=O)c2cc(Br)ccc21. The monoisotopic (exact) mass is 370 g/mol. The number of carbonyl (C=O) groups excluding carboxylic acids is 1. The van der Waals surface area contributed by atoms with Gasteiger partial charge in [0, 0.05) is 32.2 Å². The molecule has 4 nitrogen and oxygen atoms in total. The Hall–Kier alpha value is -2.11. The van der Waals surface area contributed by atoms with E-state index < -0.39 is 5.54 Å². The van der Waals surface area contributed by atoms with Crippen LogP contribution in [-0.2, 0) is 12.1 Å². The highest BCUT2D eigenvalue weighted by Gasteiger charge is 2.43. The Morgan fingerprint density at radius 1 is 1.22 bits per heavy atom. The minimum atomic E-state index is -0.676. The first-order valence-electron chi connectivity index (χ1n) is 7.38. The molecule has 0 aliphatic carbocycles. The van der Waals surface area contributed by atoms with E-state index in [1.54, 1.807) is 0 Å². The maximum absolute atomic E-state index is 12.5. The van der Waals surface area contributed by atoms with Crippen LogP contribution in [0.5, 0.6) is 0 Å². The van der Waals surface area contributed by atoms with Gasteiger partial charge in [0.2, 0.25) is 0 Å². The summed E-state index contributed by atoms with van der Waals surface area (Å²) in [7, 11) is 0. The molecule has 0 saturated carbocycles. The van der Waals surface area contributed by atoms with E-state index in [0.717, 1.165) is 32.2 Å². The number of hydrogen-bond donors (Lipinski definition) is 3. The number of para-hydroxylation sites is 1. The summed E-state index contributed by atoms with van der Waals surface area (Å²) >= 11 is 3.42. The van der Waals surface area contributed by atoms with Crippen LogP contribution in [0.15, 0.2) is 46.9 Å². The smallest absolute Gasteiger partial charge is 0.252 e. The topological polar surface area (TPSA) is 65.1 Å². The third-order valence-corrected chi connectivity index (χ3v) is 5.06. The number of carbonyl (C=O) groups is 1. The fourth-order valence-electron chi connectivity index (χ4n) is 3.59. The van der Waals surface area contributed by atoms with Crippen LogP contribution in [0.25, 0.3) is 10.9 Å². The highest BCUT2D eigenvalue weighted by molar-refractivity contribution is 9.10. The summed E-state index contributed by atoms with van der Waals surface area (Å²) in [6.07, 6.45) is 0. The molecule has 0 fully saturated rings. The van der Waals surface area contributed by atoms with E-state index in [-0.39, 0.29) is 12.5 Å². The third kappa shape index (κ3) is 1.97. The van der Waals surface area contributed by atoms with Gasteiger partial charge in [-0.05, 0) is 30.7 Å². The Bertz CT molecular complexity index is 947. The molecule has 1 atom stereocenters. The number of aliphatic hydroxyl groups excluding tert-OH is 1. The molecule has 0 saturated heterocycles. The van der Waals surface area contributed by atoms with E-state index in [2.05, 4.69) is 26.2 Å². The zero-order chi connectivity index (χ0) is 16.2. The molecule has 23 heavy (non-hydrogen) atoms. The fourth-order valence-corrected chi connectivity index (χ4v) is 3.95. The lowest BCUT2D eigenvalue weighted by atomic mass is 9.83. The molecule has 3 N–H and O–H groups in total. The molecular formula is C18H15BrN2O2. The Morgan fingerprint density at radius 3 is 2.78 bits per heavy atom. The van der Waals surface area contributed by atoms with E-state index in [4.69, 9.17) is 0 Å². The van der Waals surface area contributed by atoms with Gasteiger partial charge < -0.3 is 15.4 Å². The fraction of sp³-hybridized carbons (Fsp3) is 0.167. The summed E-state index contributed by atoms with van der Waals surface area (Å²) in [4.78, 5) is 15.7. The van der Waals surface area contributed by atoms with Crippen molar-refractivity contribution in [3.63, 3.8) is 0 Å². The number of aliphatic hydroxyl groups is 1. The number of hydrogen-bond acceptors (Lipinski definition) is 2. The standard InChI is InChI=1S/C18H15BrN2O2/c1-18(13-7-6-10(19)8-12(13)17(23)21-18)16-11-4-2-3-5-14(11)20-15(16)9-22/h2-8,20,22H,9H2,1H3,(H,21,23). The van der Waals surface area contributed by atoms with E-state index in [0.29, 0.717) is 5.56 Å². The first-order chi connectivity index (χ1) is 11.0. The van der Waals surface area contributed by atoms with Gasteiger partial charge >= 0.3 is 0 Å². The normalized spacial score (nSPS) is 19.9. The third-order valence-electron chi connectivity index (χ3n) is 4.57. The first kappa shape index (κ1) is 14.5. The van der Waals surface area contributed by atoms with Crippen LogP contribution in [0.3, 0.4) is 0 Å². The lowest BCUT2D eigenvalue weighted by Crippen LogP contribution is -2.38. The first-order valence-corrected chi connectivity index (χ1v) is 8.17. The van der Waals surface area contributed by atoms with E-state index in [1.165, 1.54) is 0 Å². The summed E-state index contributed by atoms with van der Waals surface area (Å²) in [5, 5.41) is 13.9. The van der Waals surface area contributed by atoms with Gasteiger partial charge in [-0.15, -0.1) is 0 Å². The summed E-state index contributed by atoms with van der Waals surface area (Å²) in [5.41, 5.74) is 3.51. The Kier molecular flexibility index (Phi) is 3.11. The van der Waals surface area contributed by atoms with Crippen molar-refractivity contribution in [1.29, 1.82) is 0 Å². The van der Waals surface area contributed by atoms with Crippen LogP contribution >= 0.6 is 15.9 Å². The molecule has 2 aromatic carbocycles. The minimum absolute atomic E-state index is 0.0991. The predicted molar refractivity (Wildman–Crippen MR) is 92.3 cm³/mol. The largest absolute Gasteiger partial charge is 0.390 e. The number of H-pyrrole nitrogens is 1. The van der Waals surface area contributed by atoms with Crippen molar-refractivity contribution < 1.29 is 9.90 Å². The van der Waals surface area contributed by atoms with Crippen LogP contribution in [0, 0.1) is 0 Å². The highest BCUT2D eigenvalue weighted by atomic mass is 79.9. The number of aromatic amines is 1. The number of fused-ring (bicyclic) bond motifs is 2. The van der Waals surface area contributed by atoms with Crippen molar-refractivity contribution in [1.82, 2.24) is 10.3 Å². The average Bonchev–Trinajstić information content (AvgIpc) is 3.04. The van der Waals surface area contributed by atoms with Crippen molar-refractivity contribution in [2.45, 2.75) is 19.1 Å². The molecule has 1 aliphatic rings. The van der Waals surface area contributed by atoms with Gasteiger partial charge in [0.1, 0.15) is 0 Å². The van der Waals surface area contributed by atoms with Crippen molar-refractivity contribution in [3.05, 3.63) is 69.3 Å². The summed E-state index contributed by atoms with van der Waals surface area (Å²) < 4.78 is 0.872. The molecule has 116 valence electrons. The lowest BCUT2D eigenvalue weighted by Gasteiger charge is -2.27. The summed E-state index contributed by atoms with van der Waals surface area (Å²) in [6, 6.07) is 13.6. The van der Waals surface area contributed by atoms with Gasteiger partial charge in [-0.25, -0.2) is 0 Å². The minimum Gasteiger partial charge on any atom is -0.390 e. The van der Waals surface area contributed by atoms with Gasteiger partial charge in [0.25, 0.3) is 5.91 Å². The van der Waals surface area contributed by atoms with E-state index in [9.17, 15) is 9.90 Å². The van der Waals surface area contributed by atoms with E-state index in [1.807, 2.05) is 49.4 Å². The van der Waals surface area contributed by atoms with Crippen molar-refractivity contribution in [2.24, 2.45) is 0 Å². The van der Waals surface area contributed by atoms with E-state index >= 15 is 0 Å². The number of halogens is 1. The van der Waals surface area contributed by atoms with Crippen LogP contribution in [0.1, 0.15) is 34.1 Å². The van der Waals surface area contributed by atoms with Crippen molar-refractivity contribution in [3.8, 4) is 0 Å². The van der Waals surface area contributed by atoms with Gasteiger partial charge in [0.15, 0.2) is 0 Å². The van der Waals surface area contributed by atoms with Gasteiger partial charge in [-0.3, -0.25) is 4.79 Å². The average molecular weight is 371 g/mol. The second kappa shape index (κ2) is 4.94.